The number of guanidine groups is 1. The summed E-state index contributed by atoms with van der Waals surface area (Å²) in [5.41, 5.74) is 11.0. The molecule has 10 nitrogen and oxygen atoms in total. The van der Waals surface area contributed by atoms with Gasteiger partial charge in [0.1, 0.15) is 6.17 Å². The van der Waals surface area contributed by atoms with Crippen LogP contribution in [0.4, 0.5) is 4.39 Å². The fourth-order valence-electron chi connectivity index (χ4n) is 9.77. The van der Waals surface area contributed by atoms with Crippen molar-refractivity contribution in [2.24, 2.45) is 40.1 Å². The number of alkyl halides is 1. The molecule has 1 amide bonds. The lowest BCUT2D eigenvalue weighted by Crippen LogP contribution is -2.73. The van der Waals surface area contributed by atoms with Gasteiger partial charge in [0.15, 0.2) is 11.7 Å². The number of nitrogens with one attached hydrogen (secondary N) is 2. The molecule has 0 aromatic carbocycles. The molecule has 0 aromatic rings. The summed E-state index contributed by atoms with van der Waals surface area (Å²) in [7, 11) is 0. The lowest BCUT2D eigenvalue weighted by Gasteiger charge is -2.61. The molecule has 6 N–H and O–H groups in total. The van der Waals surface area contributed by atoms with E-state index in [4.69, 9.17) is 16.2 Å². The van der Waals surface area contributed by atoms with Crippen molar-refractivity contribution in [2.75, 3.05) is 32.7 Å². The van der Waals surface area contributed by atoms with Crippen LogP contribution in [-0.4, -0.2) is 103 Å². The number of hydrogen-bond acceptors (Lipinski definition) is 7. The standard InChI is InChI=1S/C31H48FN7O3/c32-22-13-20-26-29(27(22)38-14-19-7-3-8-35-23(19)16-38)42-25-12-18-6-2-1-5-17(18)11-24(25)39(26)15-21(28(20)40)30(41)36-9-4-10-37-31(33)34/h15,17-20,22-27,29,35H,1-14,16H2,(H,36,41)(H4,33,34,37). The molecule has 232 valence electrons. The first-order valence-corrected chi connectivity index (χ1v) is 16.5. The Hall–Kier alpha value is -2.24. The van der Waals surface area contributed by atoms with Gasteiger partial charge in [-0.05, 0) is 62.8 Å². The lowest BCUT2D eigenvalue weighted by molar-refractivity contribution is -0.219. The van der Waals surface area contributed by atoms with Gasteiger partial charge in [-0.1, -0.05) is 25.7 Å². The van der Waals surface area contributed by atoms with E-state index in [1.165, 1.54) is 38.5 Å². The average Bonchev–Trinajstić information content (AvgIpc) is 3.40. The summed E-state index contributed by atoms with van der Waals surface area (Å²) < 4.78 is 23.4. The zero-order valence-electron chi connectivity index (χ0n) is 24.6. The van der Waals surface area contributed by atoms with Gasteiger partial charge in [0.05, 0.1) is 35.9 Å². The maximum atomic E-state index is 16.4. The van der Waals surface area contributed by atoms with Crippen molar-refractivity contribution in [3.63, 3.8) is 0 Å². The number of nitrogens with zero attached hydrogens (tertiary/aromatic N) is 3. The van der Waals surface area contributed by atoms with Crippen LogP contribution in [0.1, 0.15) is 64.2 Å². The van der Waals surface area contributed by atoms with Crippen LogP contribution in [0, 0.1) is 23.7 Å². The monoisotopic (exact) mass is 585 g/mol. The fourth-order valence-corrected chi connectivity index (χ4v) is 9.77. The summed E-state index contributed by atoms with van der Waals surface area (Å²) >= 11 is 0. The second-order valence-electron chi connectivity index (χ2n) is 14.0. The van der Waals surface area contributed by atoms with Gasteiger partial charge in [0.25, 0.3) is 5.91 Å². The molecule has 11 heteroatoms. The van der Waals surface area contributed by atoms with Crippen LogP contribution in [0.15, 0.2) is 16.8 Å². The number of aliphatic imine (C=N–C) groups is 1. The predicted molar refractivity (Wildman–Crippen MR) is 157 cm³/mol. The summed E-state index contributed by atoms with van der Waals surface area (Å²) in [5, 5.41) is 6.56. The Morgan fingerprint density at radius 2 is 1.86 bits per heavy atom. The number of amides is 1. The topological polar surface area (TPSA) is 138 Å². The molecule has 42 heavy (non-hydrogen) atoms. The molecule has 0 aromatic heterocycles. The first-order chi connectivity index (χ1) is 20.4. The number of likely N-dealkylation sites (tertiary alicyclic amines) is 1. The molecule has 0 radical (unpaired) electrons. The van der Waals surface area contributed by atoms with Crippen molar-refractivity contribution in [3.8, 4) is 0 Å². The smallest absolute Gasteiger partial charge is 0.256 e. The largest absolute Gasteiger partial charge is 0.370 e. The normalized spacial score (nSPS) is 42.9. The summed E-state index contributed by atoms with van der Waals surface area (Å²) in [6, 6.07) is -0.0716. The number of fused-ring (bicyclic) bond motifs is 4. The quantitative estimate of drug-likeness (QED) is 0.157. The van der Waals surface area contributed by atoms with Crippen LogP contribution < -0.4 is 22.1 Å². The van der Waals surface area contributed by atoms with Crippen molar-refractivity contribution < 1.29 is 18.7 Å². The SMILES string of the molecule is NC(N)=NCCCNC(=O)C1=CN2C3CC4CCCCC4CC3OC3C(N4CC5CCCNC5C4)C(F)CC(C1=O)C32. The predicted octanol–water partition coefficient (Wildman–Crippen LogP) is 1.05. The van der Waals surface area contributed by atoms with E-state index in [1.54, 1.807) is 0 Å². The molecule has 3 saturated heterocycles. The van der Waals surface area contributed by atoms with Crippen molar-refractivity contribution in [1.82, 2.24) is 20.4 Å². The molecule has 3 aliphatic carbocycles. The summed E-state index contributed by atoms with van der Waals surface area (Å²) in [5.74, 6) is 0.652. The minimum absolute atomic E-state index is 0.00426. The summed E-state index contributed by atoms with van der Waals surface area (Å²) in [6.45, 7) is 3.51. The number of Topliss-reactive ketones (excluding diaryl/α,β-unsaturated/α-hetero) is 1. The van der Waals surface area contributed by atoms with Gasteiger partial charge in [-0.2, -0.15) is 0 Å². The molecule has 11 unspecified atom stereocenters. The van der Waals surface area contributed by atoms with Gasteiger partial charge in [0.2, 0.25) is 0 Å². The van der Waals surface area contributed by atoms with Crippen molar-refractivity contribution >= 4 is 17.6 Å². The third-order valence-electron chi connectivity index (χ3n) is 11.7. The van der Waals surface area contributed by atoms with E-state index in [9.17, 15) is 9.59 Å². The van der Waals surface area contributed by atoms with Crippen LogP contribution >= 0.6 is 0 Å². The van der Waals surface area contributed by atoms with Gasteiger partial charge in [-0.25, -0.2) is 4.39 Å². The number of ketones is 1. The highest BCUT2D eigenvalue weighted by Crippen LogP contribution is 2.51. The van der Waals surface area contributed by atoms with Crippen LogP contribution in [-0.2, 0) is 14.3 Å². The molecule has 4 heterocycles. The van der Waals surface area contributed by atoms with E-state index in [-0.39, 0.29) is 60.0 Å². The van der Waals surface area contributed by atoms with E-state index in [2.05, 4.69) is 25.4 Å². The second kappa shape index (κ2) is 11.7. The Bertz CT molecular complexity index is 1100. The third-order valence-corrected chi connectivity index (χ3v) is 11.7. The number of hydrogen-bond donors (Lipinski definition) is 4. The van der Waals surface area contributed by atoms with Crippen LogP contribution in [0.5, 0.6) is 0 Å². The highest BCUT2D eigenvalue weighted by atomic mass is 19.1. The number of piperidine rings is 1. The van der Waals surface area contributed by atoms with Crippen LogP contribution in [0.25, 0.3) is 0 Å². The van der Waals surface area contributed by atoms with E-state index in [1.807, 2.05) is 6.20 Å². The van der Waals surface area contributed by atoms with E-state index >= 15 is 4.39 Å². The average molecular weight is 586 g/mol. The highest BCUT2D eigenvalue weighted by molar-refractivity contribution is 6.20. The number of halogens is 1. The fraction of sp³-hybridized carbons (Fsp3) is 0.839. The van der Waals surface area contributed by atoms with E-state index < -0.39 is 12.1 Å². The molecule has 0 bridgehead atoms. The first-order valence-electron chi connectivity index (χ1n) is 16.5. The number of nitrogens with two attached hydrogens (primary N) is 2. The van der Waals surface area contributed by atoms with Crippen molar-refractivity contribution in [1.29, 1.82) is 0 Å². The van der Waals surface area contributed by atoms with E-state index in [0.717, 1.165) is 32.5 Å². The molecular formula is C31H48FN7O3. The minimum Gasteiger partial charge on any atom is -0.370 e. The van der Waals surface area contributed by atoms with Crippen LogP contribution in [0.2, 0.25) is 0 Å². The molecular weight excluding hydrogens is 537 g/mol. The highest BCUT2D eigenvalue weighted by Gasteiger charge is 2.61. The minimum atomic E-state index is -1.17. The zero-order chi connectivity index (χ0) is 29.0. The Morgan fingerprint density at radius 1 is 1.07 bits per heavy atom. The number of carbonyl (C=O) groups is 2. The van der Waals surface area contributed by atoms with E-state index in [0.29, 0.717) is 43.3 Å². The molecule has 7 rings (SSSR count). The van der Waals surface area contributed by atoms with Crippen molar-refractivity contribution in [2.45, 2.75) is 107 Å². The lowest BCUT2D eigenvalue weighted by atomic mass is 9.64. The zero-order valence-corrected chi connectivity index (χ0v) is 24.6. The first kappa shape index (κ1) is 28.5. The molecule has 7 aliphatic rings. The maximum Gasteiger partial charge on any atom is 0.256 e. The number of carbonyl (C=O) groups excluding carboxylic acids is 2. The Balaban J connectivity index is 1.17. The summed E-state index contributed by atoms with van der Waals surface area (Å²) in [4.78, 5) is 35.9. The third kappa shape index (κ3) is 5.13. The van der Waals surface area contributed by atoms with Crippen molar-refractivity contribution in [3.05, 3.63) is 11.8 Å². The Kier molecular flexibility index (Phi) is 7.94. The van der Waals surface area contributed by atoms with Gasteiger partial charge in [-0.3, -0.25) is 19.5 Å². The van der Waals surface area contributed by atoms with Gasteiger partial charge < -0.3 is 31.7 Å². The molecule has 0 spiro atoms. The molecule has 6 fully saturated rings. The summed E-state index contributed by atoms with van der Waals surface area (Å²) in [6.07, 6.45) is 10.4. The molecule has 4 aliphatic heterocycles. The van der Waals surface area contributed by atoms with Gasteiger partial charge in [0, 0.05) is 44.3 Å². The number of morpholine rings is 1. The Morgan fingerprint density at radius 3 is 2.64 bits per heavy atom. The van der Waals surface area contributed by atoms with Gasteiger partial charge >= 0.3 is 0 Å². The Labute approximate surface area is 248 Å². The van der Waals surface area contributed by atoms with Gasteiger partial charge in [-0.15, -0.1) is 0 Å². The second-order valence-corrected chi connectivity index (χ2v) is 14.0. The number of rotatable bonds is 6. The molecule has 11 atom stereocenters. The maximum absolute atomic E-state index is 16.4. The molecule has 3 saturated carbocycles. The number of ether oxygens (including phenoxy) is 1. The van der Waals surface area contributed by atoms with Crippen LogP contribution in [0.3, 0.4) is 0 Å².